The Hall–Kier alpha value is 0.280. The van der Waals surface area contributed by atoms with Crippen LogP contribution in [-0.4, -0.2) is 3.26 Å². The molecule has 0 nitrogen and oxygen atoms in total. The van der Waals surface area contributed by atoms with E-state index in [0.717, 1.165) is 0 Å². The fourth-order valence-corrected chi connectivity index (χ4v) is 17.8. The average Bonchev–Trinajstić information content (AvgIpc) is 2.76. The average molecular weight is 536 g/mol. The molecule has 0 saturated heterocycles. The molecule has 24 heavy (non-hydrogen) atoms. The Morgan fingerprint density at radius 3 is 1.08 bits per heavy atom. The van der Waals surface area contributed by atoms with Gasteiger partial charge < -0.3 is 0 Å². The van der Waals surface area contributed by atoms with E-state index in [-0.39, 0.29) is 24.8 Å². The zero-order valence-corrected chi connectivity index (χ0v) is 22.2. The molecule has 0 fully saturated rings. The van der Waals surface area contributed by atoms with Gasteiger partial charge in [0, 0.05) is 0 Å². The maximum absolute atomic E-state index is 2.45. The standard InChI is InChI=1S/2C9H13.C3H6.2ClH.Hf/c2*1-6-5-7(2)9(4)8(6)3;1-3-2;;;/h2*6H,1-4H3;1-2H3;2*1H;. The summed E-state index contributed by atoms with van der Waals surface area (Å²) >= 11 is -2.12. The van der Waals surface area contributed by atoms with Crippen LogP contribution in [0.5, 0.6) is 0 Å². The smallest absolute Gasteiger partial charge is 0.147 e. The number of allylic oxidation sites excluding steroid dienone is 8. The van der Waals surface area contributed by atoms with Gasteiger partial charge in [-0.3, -0.25) is 0 Å². The van der Waals surface area contributed by atoms with Crippen LogP contribution in [0.15, 0.2) is 40.1 Å². The van der Waals surface area contributed by atoms with Crippen LogP contribution >= 0.6 is 24.8 Å². The Bertz CT molecular complexity index is 641. The second-order valence-electron chi connectivity index (χ2n) is 7.51. The van der Waals surface area contributed by atoms with E-state index in [0.29, 0.717) is 11.8 Å². The van der Waals surface area contributed by atoms with Crippen LogP contribution < -0.4 is 0 Å². The van der Waals surface area contributed by atoms with E-state index in [9.17, 15) is 0 Å². The quantitative estimate of drug-likeness (QED) is 0.329. The molecule has 0 aromatic carbocycles. The van der Waals surface area contributed by atoms with Crippen LogP contribution in [0.4, 0.5) is 0 Å². The Labute approximate surface area is 169 Å². The van der Waals surface area contributed by atoms with Gasteiger partial charge in [-0.1, -0.05) is 0 Å². The van der Waals surface area contributed by atoms with Gasteiger partial charge in [0.2, 0.25) is 0 Å². The third-order valence-electron chi connectivity index (χ3n) is 6.32. The Kier molecular flexibility index (Phi) is 8.88. The van der Waals surface area contributed by atoms with E-state index in [2.05, 4.69) is 69.2 Å². The Morgan fingerprint density at radius 1 is 0.625 bits per heavy atom. The molecule has 0 aromatic heterocycles. The first-order valence-electron chi connectivity index (χ1n) is 8.56. The summed E-state index contributed by atoms with van der Waals surface area (Å²) in [5.74, 6) is 1.34. The van der Waals surface area contributed by atoms with Crippen molar-refractivity contribution in [2.24, 2.45) is 11.8 Å². The molecule has 0 radical (unpaired) electrons. The van der Waals surface area contributed by atoms with Crippen LogP contribution in [0.3, 0.4) is 0 Å². The molecule has 2 aliphatic carbocycles. The van der Waals surface area contributed by atoms with Crippen LogP contribution in [-0.2, 0) is 21.0 Å². The van der Waals surface area contributed by atoms with Gasteiger partial charge in [0.1, 0.15) is 0 Å². The van der Waals surface area contributed by atoms with Crippen molar-refractivity contribution in [3.8, 4) is 0 Å². The number of hydrogen-bond donors (Lipinski definition) is 0. The summed E-state index contributed by atoms with van der Waals surface area (Å²) in [5, 5.41) is 0. The molecule has 0 heterocycles. The van der Waals surface area contributed by atoms with Gasteiger partial charge >= 0.3 is 145 Å². The molecule has 2 aliphatic rings. The molecule has 0 aromatic rings. The van der Waals surface area contributed by atoms with Crippen LogP contribution in [0.2, 0.25) is 0 Å². The molecule has 136 valence electrons. The van der Waals surface area contributed by atoms with Crippen molar-refractivity contribution in [3.63, 3.8) is 0 Å². The van der Waals surface area contributed by atoms with Gasteiger partial charge in [-0.15, -0.1) is 24.8 Å². The molecule has 0 aliphatic heterocycles. The SMILES string of the molecule is CC1=C(C)C(C)[C]([Hf]([C]2=C(C)C(C)=C(C)C2C)=[C](C)C)=C1C.Cl.Cl. The van der Waals surface area contributed by atoms with Gasteiger partial charge in [-0.2, -0.15) is 0 Å². The van der Waals surface area contributed by atoms with Gasteiger partial charge in [0.05, 0.1) is 0 Å². The Morgan fingerprint density at radius 2 is 0.917 bits per heavy atom. The maximum atomic E-state index is 2.45. The van der Waals surface area contributed by atoms with Crippen molar-refractivity contribution in [1.82, 2.24) is 0 Å². The first kappa shape index (κ1) is 24.3. The van der Waals surface area contributed by atoms with E-state index < -0.39 is 21.0 Å². The molecular formula is C21H34Cl2Hf. The predicted octanol–water partition coefficient (Wildman–Crippen LogP) is 7.18. The van der Waals surface area contributed by atoms with E-state index in [1.54, 1.807) is 36.7 Å². The summed E-state index contributed by atoms with van der Waals surface area (Å²) in [6.45, 7) is 23.8. The maximum Gasteiger partial charge on any atom is -0.147 e. The second-order valence-corrected chi connectivity index (χ2v) is 17.7. The number of rotatable bonds is 2. The van der Waals surface area contributed by atoms with E-state index in [1.165, 1.54) is 0 Å². The molecule has 2 rings (SSSR count). The molecule has 0 saturated carbocycles. The number of halogens is 2. The summed E-state index contributed by atoms with van der Waals surface area (Å²) in [6.07, 6.45) is 0. The Balaban J connectivity index is 0.00000264. The molecule has 3 heteroatoms. The zero-order valence-electron chi connectivity index (χ0n) is 17.0. The molecule has 2 atom stereocenters. The third-order valence-corrected chi connectivity index (χ3v) is 19.6. The molecule has 2 unspecified atom stereocenters. The predicted molar refractivity (Wildman–Crippen MR) is 111 cm³/mol. The van der Waals surface area contributed by atoms with Gasteiger partial charge in [0.15, 0.2) is 0 Å². The largest absolute Gasteiger partial charge is 0.147 e. The van der Waals surface area contributed by atoms with Gasteiger partial charge in [-0.25, -0.2) is 0 Å². The van der Waals surface area contributed by atoms with Crippen molar-refractivity contribution >= 4 is 28.1 Å². The minimum atomic E-state index is -2.12. The topological polar surface area (TPSA) is 0 Å². The van der Waals surface area contributed by atoms with Crippen molar-refractivity contribution in [1.29, 1.82) is 0 Å². The van der Waals surface area contributed by atoms with Gasteiger partial charge in [0.25, 0.3) is 0 Å². The zero-order chi connectivity index (χ0) is 16.9. The summed E-state index contributed by atoms with van der Waals surface area (Å²) in [7, 11) is 0. The fourth-order valence-electron chi connectivity index (χ4n) is 4.22. The monoisotopic (exact) mass is 536 g/mol. The molecule has 0 bridgehead atoms. The fraction of sp³-hybridized carbons (Fsp3) is 0.571. The van der Waals surface area contributed by atoms with Crippen LogP contribution in [0.1, 0.15) is 69.2 Å². The van der Waals surface area contributed by atoms with Crippen LogP contribution in [0.25, 0.3) is 0 Å². The summed E-state index contributed by atoms with van der Waals surface area (Å²) in [4.78, 5) is 0. The van der Waals surface area contributed by atoms with E-state index in [1.807, 2.05) is 6.66 Å². The third kappa shape index (κ3) is 3.69. The molecule has 0 spiro atoms. The first-order chi connectivity index (χ1) is 10.1. The summed E-state index contributed by atoms with van der Waals surface area (Å²) < 4.78 is 5.48. The molecular weight excluding hydrogens is 502 g/mol. The second kappa shape index (κ2) is 8.78. The molecule has 0 N–H and O–H groups in total. The van der Waals surface area contributed by atoms with Crippen molar-refractivity contribution in [3.05, 3.63) is 40.1 Å². The normalized spacial score (nSPS) is 23.8. The van der Waals surface area contributed by atoms with E-state index >= 15 is 0 Å². The minimum Gasteiger partial charge on any atom is -0.147 e. The summed E-state index contributed by atoms with van der Waals surface area (Å²) in [5.41, 5.74) is 9.61. The van der Waals surface area contributed by atoms with Crippen molar-refractivity contribution in [2.45, 2.75) is 69.2 Å². The van der Waals surface area contributed by atoms with Gasteiger partial charge in [-0.05, 0) is 0 Å². The minimum absolute atomic E-state index is 0. The van der Waals surface area contributed by atoms with E-state index in [4.69, 9.17) is 0 Å². The first-order valence-corrected chi connectivity index (χ1v) is 13.9. The molecule has 0 amide bonds. The number of hydrogen-bond acceptors (Lipinski definition) is 0. The van der Waals surface area contributed by atoms with Crippen LogP contribution in [0, 0.1) is 11.8 Å². The van der Waals surface area contributed by atoms with Crippen molar-refractivity contribution in [2.75, 3.05) is 0 Å². The summed E-state index contributed by atoms with van der Waals surface area (Å²) in [6, 6.07) is 0. The van der Waals surface area contributed by atoms with Crippen molar-refractivity contribution < 1.29 is 21.0 Å².